The number of hydrogen-bond acceptors (Lipinski definition) is 5. The highest BCUT2D eigenvalue weighted by atomic mass is 32.2. The monoisotopic (exact) mass is 433 g/mol. The lowest BCUT2D eigenvalue weighted by molar-refractivity contribution is -0.137. The van der Waals surface area contributed by atoms with Crippen LogP contribution >= 0.6 is 11.8 Å². The van der Waals surface area contributed by atoms with E-state index >= 15 is 0 Å². The lowest BCUT2D eigenvalue weighted by Crippen LogP contribution is -2.32. The predicted octanol–water partition coefficient (Wildman–Crippen LogP) is 5.59. The number of aryl methyl sites for hydroxylation is 1. The van der Waals surface area contributed by atoms with Gasteiger partial charge in [-0.05, 0) is 55.8 Å². The summed E-state index contributed by atoms with van der Waals surface area (Å²) in [5.41, 5.74) is 0.557. The van der Waals surface area contributed by atoms with E-state index < -0.39 is 11.7 Å². The van der Waals surface area contributed by atoms with Gasteiger partial charge >= 0.3 is 6.18 Å². The van der Waals surface area contributed by atoms with Gasteiger partial charge < -0.3 is 9.42 Å². The van der Waals surface area contributed by atoms with Crippen molar-refractivity contribution in [2.75, 3.05) is 11.4 Å². The summed E-state index contributed by atoms with van der Waals surface area (Å²) in [6.07, 6.45) is -3.80. The van der Waals surface area contributed by atoms with Crippen LogP contribution in [0.1, 0.15) is 35.1 Å². The third kappa shape index (κ3) is 4.07. The van der Waals surface area contributed by atoms with E-state index in [2.05, 4.69) is 10.1 Å². The van der Waals surface area contributed by atoms with Crippen molar-refractivity contribution in [2.45, 2.75) is 36.6 Å². The number of rotatable bonds is 2. The van der Waals surface area contributed by atoms with E-state index in [0.717, 1.165) is 12.1 Å². The molecule has 0 fully saturated rings. The molecule has 1 aliphatic heterocycles. The topological polar surface area (TPSA) is 59.2 Å². The molecule has 1 aliphatic rings. The van der Waals surface area contributed by atoms with E-state index in [-0.39, 0.29) is 11.2 Å². The minimum absolute atomic E-state index is 0.182. The molecule has 0 saturated heterocycles. The molecular formula is C21H18F3N3O2S. The first kappa shape index (κ1) is 20.5. The molecule has 5 nitrogen and oxygen atoms in total. The Balaban J connectivity index is 1.68. The Morgan fingerprint density at radius 3 is 2.57 bits per heavy atom. The van der Waals surface area contributed by atoms with Gasteiger partial charge in [-0.25, -0.2) is 0 Å². The lowest BCUT2D eigenvalue weighted by atomic mass is 10.1. The molecule has 2 aromatic carbocycles. The molecule has 1 atom stereocenters. The molecule has 0 spiro atoms. The van der Waals surface area contributed by atoms with Crippen LogP contribution in [0.15, 0.2) is 51.9 Å². The average molecular weight is 433 g/mol. The standard InChI is InChI=1S/C21H18F3N3O2S/c1-12-9-10-27(17-11-16(21(22,23)24)7-8-18(17)30-12)20(28)15-5-3-14(4-6-15)19-25-13(2)26-29-19/h3-8,11-12H,9-10H2,1-2H3/t12-/m1/s1. The van der Waals surface area contributed by atoms with Crippen LogP contribution < -0.4 is 4.90 Å². The van der Waals surface area contributed by atoms with Crippen LogP contribution in [-0.2, 0) is 6.18 Å². The van der Waals surface area contributed by atoms with Crippen LogP contribution in [-0.4, -0.2) is 27.8 Å². The van der Waals surface area contributed by atoms with Crippen molar-refractivity contribution in [3.05, 3.63) is 59.4 Å². The first-order valence-corrected chi connectivity index (χ1v) is 10.2. The van der Waals surface area contributed by atoms with E-state index in [0.29, 0.717) is 46.4 Å². The van der Waals surface area contributed by atoms with Crippen molar-refractivity contribution in [3.63, 3.8) is 0 Å². The molecular weight excluding hydrogens is 415 g/mol. The third-order valence-corrected chi connectivity index (χ3v) is 6.05. The predicted molar refractivity (Wildman–Crippen MR) is 108 cm³/mol. The highest BCUT2D eigenvalue weighted by molar-refractivity contribution is 8.00. The number of fused-ring (bicyclic) bond motifs is 1. The number of benzene rings is 2. The fourth-order valence-electron chi connectivity index (χ4n) is 3.25. The fraction of sp³-hybridized carbons (Fsp3) is 0.286. The second-order valence-electron chi connectivity index (χ2n) is 7.08. The highest BCUT2D eigenvalue weighted by Gasteiger charge is 2.33. The molecule has 9 heteroatoms. The number of carbonyl (C=O) groups is 1. The molecule has 1 amide bonds. The Morgan fingerprint density at radius 2 is 1.93 bits per heavy atom. The van der Waals surface area contributed by atoms with Crippen LogP contribution in [0.3, 0.4) is 0 Å². The van der Waals surface area contributed by atoms with E-state index in [9.17, 15) is 18.0 Å². The smallest absolute Gasteiger partial charge is 0.334 e. The molecule has 2 heterocycles. The molecule has 0 N–H and O–H groups in total. The summed E-state index contributed by atoms with van der Waals surface area (Å²) in [5, 5.41) is 3.92. The minimum atomic E-state index is -4.48. The summed E-state index contributed by atoms with van der Waals surface area (Å²) < 4.78 is 44.9. The Kier molecular flexibility index (Phi) is 5.31. The second kappa shape index (κ2) is 7.79. The first-order valence-electron chi connectivity index (χ1n) is 9.33. The van der Waals surface area contributed by atoms with Gasteiger partial charge in [0.05, 0.1) is 11.3 Å². The van der Waals surface area contributed by atoms with E-state index in [1.165, 1.54) is 22.7 Å². The number of alkyl halides is 3. The van der Waals surface area contributed by atoms with E-state index in [1.54, 1.807) is 31.2 Å². The second-order valence-corrected chi connectivity index (χ2v) is 8.56. The summed E-state index contributed by atoms with van der Waals surface area (Å²) in [7, 11) is 0. The zero-order valence-electron chi connectivity index (χ0n) is 16.2. The van der Waals surface area contributed by atoms with Gasteiger partial charge in [-0.3, -0.25) is 4.79 Å². The van der Waals surface area contributed by atoms with Gasteiger partial charge in [-0.15, -0.1) is 11.8 Å². The lowest BCUT2D eigenvalue weighted by Gasteiger charge is -2.24. The number of carbonyl (C=O) groups excluding carboxylic acids is 1. The number of nitrogens with zero attached hydrogens (tertiary/aromatic N) is 3. The molecule has 0 aliphatic carbocycles. The molecule has 0 radical (unpaired) electrons. The van der Waals surface area contributed by atoms with Gasteiger partial charge in [-0.2, -0.15) is 18.2 Å². The summed E-state index contributed by atoms with van der Waals surface area (Å²) in [4.78, 5) is 19.5. The maximum absolute atomic E-state index is 13.3. The fourth-order valence-corrected chi connectivity index (χ4v) is 4.34. The van der Waals surface area contributed by atoms with Gasteiger partial charge in [0.2, 0.25) is 0 Å². The van der Waals surface area contributed by atoms with Crippen LogP contribution in [0, 0.1) is 6.92 Å². The van der Waals surface area contributed by atoms with Crippen molar-refractivity contribution in [1.82, 2.24) is 10.1 Å². The average Bonchev–Trinajstić information content (AvgIpc) is 3.06. The summed E-state index contributed by atoms with van der Waals surface area (Å²) in [6, 6.07) is 10.2. The number of thioether (sulfide) groups is 1. The molecule has 4 rings (SSSR count). The zero-order valence-corrected chi connectivity index (χ0v) is 17.0. The summed E-state index contributed by atoms with van der Waals surface area (Å²) >= 11 is 1.48. The molecule has 156 valence electrons. The maximum atomic E-state index is 13.3. The Labute approximate surface area is 175 Å². The Hall–Kier alpha value is -2.81. The van der Waals surface area contributed by atoms with Gasteiger partial charge in [0.15, 0.2) is 5.82 Å². The molecule has 3 aromatic rings. The number of hydrogen-bond donors (Lipinski definition) is 0. The van der Waals surface area contributed by atoms with Crippen molar-refractivity contribution in [1.29, 1.82) is 0 Å². The number of amides is 1. The molecule has 30 heavy (non-hydrogen) atoms. The highest BCUT2D eigenvalue weighted by Crippen LogP contribution is 2.41. The number of aromatic nitrogens is 2. The van der Waals surface area contributed by atoms with Crippen molar-refractivity contribution < 1.29 is 22.5 Å². The van der Waals surface area contributed by atoms with E-state index in [1.807, 2.05) is 6.92 Å². The SMILES string of the molecule is Cc1noc(-c2ccc(C(=O)N3CC[C@@H](C)Sc4ccc(C(F)(F)F)cc43)cc2)n1. The van der Waals surface area contributed by atoms with Crippen LogP contribution in [0.5, 0.6) is 0 Å². The van der Waals surface area contributed by atoms with Gasteiger partial charge in [0.1, 0.15) is 0 Å². The maximum Gasteiger partial charge on any atom is 0.416 e. The normalized spacial score (nSPS) is 16.8. The van der Waals surface area contributed by atoms with Crippen molar-refractivity contribution in [3.8, 4) is 11.5 Å². The van der Waals surface area contributed by atoms with Gasteiger partial charge in [0.25, 0.3) is 11.8 Å². The largest absolute Gasteiger partial charge is 0.416 e. The van der Waals surface area contributed by atoms with Crippen LogP contribution in [0.4, 0.5) is 18.9 Å². The molecule has 1 aromatic heterocycles. The molecule has 0 bridgehead atoms. The summed E-state index contributed by atoms with van der Waals surface area (Å²) in [5.74, 6) is 0.489. The Morgan fingerprint density at radius 1 is 1.20 bits per heavy atom. The quantitative estimate of drug-likeness (QED) is 0.527. The molecule has 0 saturated carbocycles. The minimum Gasteiger partial charge on any atom is -0.334 e. The van der Waals surface area contributed by atoms with Gasteiger partial charge in [-0.1, -0.05) is 12.1 Å². The van der Waals surface area contributed by atoms with E-state index in [4.69, 9.17) is 4.52 Å². The third-order valence-electron chi connectivity index (χ3n) is 4.82. The Bertz CT molecular complexity index is 1080. The number of anilines is 1. The van der Waals surface area contributed by atoms with Crippen LogP contribution in [0.25, 0.3) is 11.5 Å². The van der Waals surface area contributed by atoms with Crippen molar-refractivity contribution in [2.24, 2.45) is 0 Å². The first-order chi connectivity index (χ1) is 14.2. The van der Waals surface area contributed by atoms with Crippen molar-refractivity contribution >= 4 is 23.4 Å². The number of halogens is 3. The van der Waals surface area contributed by atoms with Crippen LogP contribution in [0.2, 0.25) is 0 Å². The molecule has 0 unspecified atom stereocenters. The zero-order chi connectivity index (χ0) is 21.5. The van der Waals surface area contributed by atoms with Gasteiger partial charge in [0, 0.05) is 27.8 Å². The summed E-state index contributed by atoms with van der Waals surface area (Å²) in [6.45, 7) is 4.04.